The number of benzene rings is 9. The summed E-state index contributed by atoms with van der Waals surface area (Å²) in [6, 6.07) is 5.92. The van der Waals surface area contributed by atoms with Crippen molar-refractivity contribution in [1.82, 2.24) is 0 Å². The minimum atomic E-state index is -0.784. The predicted octanol–water partition coefficient (Wildman–Crippen LogP) is 13.0. The van der Waals surface area contributed by atoms with E-state index in [1.165, 1.54) is 12.1 Å². The van der Waals surface area contributed by atoms with Gasteiger partial charge in [-0.25, -0.2) is 0 Å². The Bertz CT molecular complexity index is 3530. The lowest BCUT2D eigenvalue weighted by atomic mass is 9.83. The Labute approximate surface area is 295 Å². The molecule has 0 aliphatic carbocycles. The van der Waals surface area contributed by atoms with Gasteiger partial charge in [0.2, 0.25) is 0 Å². The second-order valence-electron chi connectivity index (χ2n) is 10.6. The molecule has 9 aromatic carbocycles. The van der Waals surface area contributed by atoms with E-state index in [1.807, 2.05) is 0 Å². The number of rotatable bonds is 4. The molecule has 0 nitrogen and oxygen atoms in total. The molecular formula is C46H30. The molecule has 0 amide bonds. The van der Waals surface area contributed by atoms with Crippen LogP contribution in [0.2, 0.25) is 0 Å². The molecule has 0 radical (unpaired) electrons. The topological polar surface area (TPSA) is 0 Å². The summed E-state index contributed by atoms with van der Waals surface area (Å²) >= 11 is 0. The van der Waals surface area contributed by atoms with Crippen LogP contribution in [0.15, 0.2) is 182 Å². The molecule has 46 heavy (non-hydrogen) atoms. The van der Waals surface area contributed by atoms with Crippen LogP contribution in [0.4, 0.5) is 0 Å². The van der Waals surface area contributed by atoms with Crippen LogP contribution < -0.4 is 0 Å². The molecule has 9 aromatic rings. The fourth-order valence-corrected chi connectivity index (χ4v) is 6.22. The minimum absolute atomic E-state index is 0.00508. The minimum Gasteiger partial charge on any atom is -0.0622 e. The summed E-state index contributed by atoms with van der Waals surface area (Å²) in [5.74, 6) is 0. The first kappa shape index (κ1) is 13.6. The van der Waals surface area contributed by atoms with E-state index >= 15 is 0 Å². The fourth-order valence-electron chi connectivity index (χ4n) is 6.22. The van der Waals surface area contributed by atoms with Gasteiger partial charge < -0.3 is 0 Å². The van der Waals surface area contributed by atoms with E-state index in [1.54, 1.807) is 54.6 Å². The first-order valence-electron chi connectivity index (χ1n) is 23.9. The lowest BCUT2D eigenvalue weighted by Gasteiger charge is -2.20. The average Bonchev–Trinajstić information content (AvgIpc) is 3.31. The van der Waals surface area contributed by atoms with Gasteiger partial charge in [0.1, 0.15) is 0 Å². The summed E-state index contributed by atoms with van der Waals surface area (Å²) in [5.41, 5.74) is -0.0947. The van der Waals surface area contributed by atoms with Gasteiger partial charge in [-0.15, -0.1) is 0 Å². The van der Waals surface area contributed by atoms with Crippen molar-refractivity contribution in [3.8, 4) is 44.5 Å². The Morgan fingerprint density at radius 1 is 0.261 bits per heavy atom. The van der Waals surface area contributed by atoms with Gasteiger partial charge in [0.25, 0.3) is 0 Å². The molecule has 0 spiro atoms. The number of hydrogen-bond acceptors (Lipinski definition) is 0. The Morgan fingerprint density at radius 2 is 0.717 bits per heavy atom. The highest BCUT2D eigenvalue weighted by Gasteiger charge is 2.19. The summed E-state index contributed by atoms with van der Waals surface area (Å²) < 4.78 is 170. The zero-order chi connectivity index (χ0) is 47.0. The van der Waals surface area contributed by atoms with Gasteiger partial charge in [-0.1, -0.05) is 182 Å². The largest absolute Gasteiger partial charge is 0.0630 e. The van der Waals surface area contributed by atoms with Gasteiger partial charge in [0.05, 0.1) is 26.0 Å². The molecule has 0 saturated heterocycles. The van der Waals surface area contributed by atoms with E-state index in [2.05, 4.69) is 0 Å². The molecule has 0 bridgehead atoms. The van der Waals surface area contributed by atoms with Crippen LogP contribution in [-0.2, 0) is 0 Å². The van der Waals surface area contributed by atoms with Crippen molar-refractivity contribution in [1.29, 1.82) is 0 Å². The molecular weight excluding hydrogens is 553 g/mol. The second-order valence-corrected chi connectivity index (χ2v) is 10.6. The van der Waals surface area contributed by atoms with Crippen molar-refractivity contribution < 1.29 is 26.0 Å². The quantitative estimate of drug-likeness (QED) is 0.176. The van der Waals surface area contributed by atoms with Crippen molar-refractivity contribution in [3.63, 3.8) is 0 Å². The van der Waals surface area contributed by atoms with Crippen LogP contribution >= 0.6 is 0 Å². The van der Waals surface area contributed by atoms with Crippen molar-refractivity contribution >= 4 is 43.1 Å². The van der Waals surface area contributed by atoms with E-state index in [0.717, 1.165) is 0 Å². The van der Waals surface area contributed by atoms with Gasteiger partial charge in [0.15, 0.2) is 0 Å². The first-order chi connectivity index (χ1) is 30.8. The number of fused-ring (bicyclic) bond motifs is 4. The van der Waals surface area contributed by atoms with Crippen LogP contribution in [0.3, 0.4) is 0 Å². The van der Waals surface area contributed by atoms with E-state index in [9.17, 15) is 9.60 Å². The standard InChI is InChI=1S/C46H30/c1-3-15-31(16-4-1)33-27-28-38(35-20-8-7-19-34(33)35)39-29-30-44(37-22-10-9-21-36(37)39)46-42-25-13-11-23-40(42)45(32-17-5-2-6-18-32)41-24-12-14-26-43(41)46/h1-30H/i2D,5D,6D,7D,8D,11D,12D,13D,14D,17D,18D,19D,20D,23D,24D,25D,26D,27D,28D. The van der Waals surface area contributed by atoms with Gasteiger partial charge >= 0.3 is 0 Å². The predicted molar refractivity (Wildman–Crippen MR) is 198 cm³/mol. The van der Waals surface area contributed by atoms with E-state index < -0.39 is 114 Å². The normalized spacial score (nSPS) is 17.3. The second kappa shape index (κ2) is 10.9. The smallest absolute Gasteiger partial charge is 0.0622 e. The molecule has 0 unspecified atom stereocenters. The zero-order valence-electron chi connectivity index (χ0n) is 42.9. The molecule has 0 aromatic heterocycles. The van der Waals surface area contributed by atoms with Crippen molar-refractivity contribution in [2.24, 2.45) is 0 Å². The SMILES string of the molecule is [2H]c1c([2H])c([2H])c(-c2c3c([2H])c([2H])c([2H])c([2H])c3c(-c3ccc(-c4c([2H])c([2H])c(-c5ccccc5)c5c([2H])c([2H])c([2H])c([2H])c45)c4ccccc34)c3c([2H])c([2H])c([2H])c([2H])c23)c([2H])c1[2H]. The van der Waals surface area contributed by atoms with Crippen molar-refractivity contribution in [2.45, 2.75) is 0 Å². The summed E-state index contributed by atoms with van der Waals surface area (Å²) in [6.45, 7) is 0. The summed E-state index contributed by atoms with van der Waals surface area (Å²) in [6.07, 6.45) is 0. The zero-order valence-corrected chi connectivity index (χ0v) is 23.9. The molecule has 0 aliphatic rings. The van der Waals surface area contributed by atoms with Gasteiger partial charge in [-0.05, 0) is 87.6 Å². The molecule has 214 valence electrons. The maximum atomic E-state index is 9.50. The average molecular weight is 602 g/mol. The van der Waals surface area contributed by atoms with E-state index in [4.69, 9.17) is 16.4 Å². The highest BCUT2D eigenvalue weighted by Crippen LogP contribution is 2.47. The molecule has 0 saturated carbocycles. The molecule has 0 aliphatic heterocycles. The van der Waals surface area contributed by atoms with Crippen molar-refractivity contribution in [2.75, 3.05) is 0 Å². The van der Waals surface area contributed by atoms with Crippen LogP contribution in [0.1, 0.15) is 26.0 Å². The maximum absolute atomic E-state index is 9.50. The Kier molecular flexibility index (Phi) is 3.21. The Morgan fingerprint density at radius 3 is 1.35 bits per heavy atom. The van der Waals surface area contributed by atoms with Gasteiger partial charge in [-0.2, -0.15) is 0 Å². The van der Waals surface area contributed by atoms with Gasteiger partial charge in [0, 0.05) is 0 Å². The van der Waals surface area contributed by atoms with E-state index in [0.29, 0.717) is 16.3 Å². The van der Waals surface area contributed by atoms with Crippen molar-refractivity contribution in [3.05, 3.63) is 182 Å². The summed E-state index contributed by atoms with van der Waals surface area (Å²) in [4.78, 5) is 0. The number of hydrogen-bond donors (Lipinski definition) is 0. The van der Waals surface area contributed by atoms with Crippen LogP contribution in [0, 0.1) is 0 Å². The van der Waals surface area contributed by atoms with Crippen LogP contribution in [-0.4, -0.2) is 0 Å². The fraction of sp³-hybridized carbons (Fsp3) is 0. The van der Waals surface area contributed by atoms with Crippen LogP contribution in [0.25, 0.3) is 87.6 Å². The molecule has 0 heteroatoms. The van der Waals surface area contributed by atoms with E-state index in [-0.39, 0.29) is 72.2 Å². The summed E-state index contributed by atoms with van der Waals surface area (Å²) in [5, 5.41) is -0.701. The highest BCUT2D eigenvalue weighted by molar-refractivity contribution is 6.24. The third-order valence-corrected chi connectivity index (χ3v) is 8.15. The lowest BCUT2D eigenvalue weighted by molar-refractivity contribution is 1.63. The monoisotopic (exact) mass is 601 g/mol. The van der Waals surface area contributed by atoms with Gasteiger partial charge in [-0.3, -0.25) is 0 Å². The molecule has 0 heterocycles. The lowest BCUT2D eigenvalue weighted by Crippen LogP contribution is -1.93. The third-order valence-electron chi connectivity index (χ3n) is 8.15. The molecule has 0 N–H and O–H groups in total. The molecule has 0 atom stereocenters. The third kappa shape index (κ3) is 4.15. The first-order valence-corrected chi connectivity index (χ1v) is 14.4. The molecule has 0 fully saturated rings. The molecule has 9 rings (SSSR count). The Balaban J connectivity index is 1.52. The Hall–Kier alpha value is -5.98. The van der Waals surface area contributed by atoms with Crippen LogP contribution in [0.5, 0.6) is 0 Å². The summed E-state index contributed by atoms with van der Waals surface area (Å²) in [7, 11) is 0. The highest BCUT2D eigenvalue weighted by atomic mass is 14.2. The maximum Gasteiger partial charge on any atom is 0.0630 e.